The van der Waals surface area contributed by atoms with E-state index in [1.807, 2.05) is 6.92 Å². The Morgan fingerprint density at radius 1 is 1.42 bits per heavy atom. The van der Waals surface area contributed by atoms with Crippen molar-refractivity contribution >= 4 is 11.3 Å². The van der Waals surface area contributed by atoms with E-state index >= 15 is 0 Å². The average molecular weight is 282 g/mol. The molecule has 0 fully saturated rings. The van der Waals surface area contributed by atoms with E-state index in [1.165, 1.54) is 11.3 Å². The molecule has 0 aliphatic carbocycles. The highest BCUT2D eigenvalue weighted by Gasteiger charge is 2.20. The molecule has 1 atom stereocenters. The highest BCUT2D eigenvalue weighted by atomic mass is 32.1. The van der Waals surface area contributed by atoms with Crippen molar-refractivity contribution in [3.05, 3.63) is 16.5 Å². The number of hydrogen-bond acceptors (Lipinski definition) is 7. The molecule has 19 heavy (non-hydrogen) atoms. The molecule has 2 heterocycles. The molecular weight excluding hydrogens is 264 g/mol. The maximum Gasteiger partial charge on any atom is 0.270 e. The summed E-state index contributed by atoms with van der Waals surface area (Å²) >= 11 is 1.49. The van der Waals surface area contributed by atoms with Crippen LogP contribution in [0.2, 0.25) is 0 Å². The van der Waals surface area contributed by atoms with Crippen molar-refractivity contribution in [3.63, 3.8) is 0 Å². The number of aryl methyl sites for hydroxylation is 1. The fourth-order valence-electron chi connectivity index (χ4n) is 1.81. The first-order chi connectivity index (χ1) is 9.19. The molecular formula is C12H18N4O2S. The summed E-state index contributed by atoms with van der Waals surface area (Å²) < 4.78 is 10.7. The molecule has 1 unspecified atom stereocenters. The molecule has 0 spiro atoms. The maximum absolute atomic E-state index is 5.59. The zero-order valence-corrected chi connectivity index (χ0v) is 12.2. The number of aromatic nitrogens is 3. The van der Waals surface area contributed by atoms with Gasteiger partial charge < -0.3 is 15.0 Å². The SMILES string of the molecule is CCCC(OC)c1noc(-c2sc(CN)nc2C)n1. The van der Waals surface area contributed by atoms with Gasteiger partial charge in [-0.2, -0.15) is 4.98 Å². The molecule has 0 amide bonds. The number of nitrogens with zero attached hydrogens (tertiary/aromatic N) is 3. The molecule has 0 radical (unpaired) electrons. The third kappa shape index (κ3) is 2.99. The Kier molecular flexibility index (Phi) is 4.62. The van der Waals surface area contributed by atoms with E-state index < -0.39 is 0 Å². The molecule has 0 aromatic carbocycles. The van der Waals surface area contributed by atoms with Gasteiger partial charge in [-0.15, -0.1) is 11.3 Å². The van der Waals surface area contributed by atoms with Crippen LogP contribution in [0.3, 0.4) is 0 Å². The van der Waals surface area contributed by atoms with Gasteiger partial charge in [-0.3, -0.25) is 0 Å². The minimum absolute atomic E-state index is 0.121. The number of rotatable bonds is 6. The van der Waals surface area contributed by atoms with Crippen LogP contribution in [0.25, 0.3) is 10.8 Å². The van der Waals surface area contributed by atoms with Crippen LogP contribution < -0.4 is 5.73 Å². The topological polar surface area (TPSA) is 87.1 Å². The van der Waals surface area contributed by atoms with Crippen molar-refractivity contribution in [3.8, 4) is 10.8 Å². The number of nitrogens with two attached hydrogens (primary N) is 1. The van der Waals surface area contributed by atoms with Gasteiger partial charge in [0, 0.05) is 13.7 Å². The molecule has 2 rings (SSSR count). The Morgan fingerprint density at radius 2 is 2.21 bits per heavy atom. The number of hydrogen-bond donors (Lipinski definition) is 1. The smallest absolute Gasteiger partial charge is 0.270 e. The van der Waals surface area contributed by atoms with Gasteiger partial charge in [0.15, 0.2) is 0 Å². The summed E-state index contributed by atoms with van der Waals surface area (Å²) in [6.45, 7) is 4.42. The highest BCUT2D eigenvalue weighted by molar-refractivity contribution is 7.15. The number of ether oxygens (including phenoxy) is 1. The third-order valence-corrected chi connectivity index (χ3v) is 3.94. The van der Waals surface area contributed by atoms with E-state index in [4.69, 9.17) is 15.0 Å². The van der Waals surface area contributed by atoms with Gasteiger partial charge in [-0.05, 0) is 13.3 Å². The Morgan fingerprint density at radius 3 is 2.79 bits per heavy atom. The summed E-state index contributed by atoms with van der Waals surface area (Å²) in [6.07, 6.45) is 1.74. The molecule has 6 nitrogen and oxygen atoms in total. The average Bonchev–Trinajstić information content (AvgIpc) is 3.02. The van der Waals surface area contributed by atoms with Crippen molar-refractivity contribution < 1.29 is 9.26 Å². The molecule has 0 saturated carbocycles. The predicted octanol–water partition coefficient (Wildman–Crippen LogP) is 2.45. The monoisotopic (exact) mass is 282 g/mol. The minimum atomic E-state index is -0.121. The number of methoxy groups -OCH3 is 1. The zero-order valence-electron chi connectivity index (χ0n) is 11.3. The second-order valence-electron chi connectivity index (χ2n) is 4.20. The summed E-state index contributed by atoms with van der Waals surface area (Å²) in [5, 5.41) is 4.86. The summed E-state index contributed by atoms with van der Waals surface area (Å²) in [6, 6.07) is 0. The molecule has 2 N–H and O–H groups in total. The second kappa shape index (κ2) is 6.23. The van der Waals surface area contributed by atoms with Crippen LogP contribution in [0.5, 0.6) is 0 Å². The molecule has 0 bridgehead atoms. The Labute approximate surface area is 116 Å². The third-order valence-electron chi connectivity index (χ3n) is 2.77. The lowest BCUT2D eigenvalue weighted by Gasteiger charge is -2.08. The predicted molar refractivity (Wildman–Crippen MR) is 72.7 cm³/mol. The lowest BCUT2D eigenvalue weighted by molar-refractivity contribution is 0.0854. The van der Waals surface area contributed by atoms with Gasteiger partial charge in [0.25, 0.3) is 5.89 Å². The van der Waals surface area contributed by atoms with Crippen LogP contribution in [0.1, 0.15) is 42.4 Å². The van der Waals surface area contributed by atoms with E-state index in [0.717, 1.165) is 28.4 Å². The Bertz CT molecular complexity index is 538. The Hall–Kier alpha value is -1.31. The molecule has 104 valence electrons. The Balaban J connectivity index is 2.26. The lowest BCUT2D eigenvalue weighted by atomic mass is 10.2. The minimum Gasteiger partial charge on any atom is -0.373 e. The van der Waals surface area contributed by atoms with Crippen LogP contribution in [0.15, 0.2) is 4.52 Å². The number of thiazole rings is 1. The van der Waals surface area contributed by atoms with Gasteiger partial charge in [0.1, 0.15) is 16.0 Å². The highest BCUT2D eigenvalue weighted by Crippen LogP contribution is 2.30. The summed E-state index contributed by atoms with van der Waals surface area (Å²) in [4.78, 5) is 9.64. The normalized spacial score (nSPS) is 12.8. The van der Waals surface area contributed by atoms with Crippen molar-refractivity contribution in [1.82, 2.24) is 15.1 Å². The fraction of sp³-hybridized carbons (Fsp3) is 0.583. The van der Waals surface area contributed by atoms with Crippen LogP contribution in [-0.4, -0.2) is 22.2 Å². The first kappa shape index (κ1) is 14.1. The summed E-state index contributed by atoms with van der Waals surface area (Å²) in [7, 11) is 1.65. The van der Waals surface area contributed by atoms with Gasteiger partial charge in [0.2, 0.25) is 5.82 Å². The van der Waals surface area contributed by atoms with Crippen molar-refractivity contribution in [2.75, 3.05) is 7.11 Å². The van der Waals surface area contributed by atoms with Gasteiger partial charge >= 0.3 is 0 Å². The summed E-state index contributed by atoms with van der Waals surface area (Å²) in [5.41, 5.74) is 6.45. The fourth-order valence-corrected chi connectivity index (χ4v) is 2.68. The standard InChI is InChI=1S/C12H18N4O2S/c1-4-5-8(17-3)11-15-12(18-16-11)10-7(2)14-9(6-13)19-10/h8H,4-6,13H2,1-3H3. The van der Waals surface area contributed by atoms with Crippen LogP contribution in [-0.2, 0) is 11.3 Å². The van der Waals surface area contributed by atoms with Gasteiger partial charge in [0.05, 0.1) is 5.69 Å². The summed E-state index contributed by atoms with van der Waals surface area (Å²) in [5.74, 6) is 1.07. The van der Waals surface area contributed by atoms with Gasteiger partial charge in [-0.1, -0.05) is 18.5 Å². The van der Waals surface area contributed by atoms with Crippen LogP contribution in [0.4, 0.5) is 0 Å². The maximum atomic E-state index is 5.59. The molecule has 0 aliphatic rings. The van der Waals surface area contributed by atoms with E-state index in [-0.39, 0.29) is 6.10 Å². The quantitative estimate of drug-likeness (QED) is 0.875. The van der Waals surface area contributed by atoms with Crippen molar-refractivity contribution in [2.45, 2.75) is 39.3 Å². The van der Waals surface area contributed by atoms with E-state index in [2.05, 4.69) is 22.0 Å². The van der Waals surface area contributed by atoms with Crippen molar-refractivity contribution in [2.24, 2.45) is 5.73 Å². The van der Waals surface area contributed by atoms with Crippen LogP contribution in [0, 0.1) is 6.92 Å². The van der Waals surface area contributed by atoms with E-state index in [0.29, 0.717) is 18.3 Å². The second-order valence-corrected chi connectivity index (χ2v) is 5.28. The van der Waals surface area contributed by atoms with E-state index in [9.17, 15) is 0 Å². The first-order valence-corrected chi connectivity index (χ1v) is 7.04. The van der Waals surface area contributed by atoms with Gasteiger partial charge in [-0.25, -0.2) is 4.98 Å². The molecule has 2 aromatic rings. The van der Waals surface area contributed by atoms with Crippen molar-refractivity contribution in [1.29, 1.82) is 0 Å². The molecule has 7 heteroatoms. The zero-order chi connectivity index (χ0) is 13.8. The first-order valence-electron chi connectivity index (χ1n) is 6.22. The molecule has 2 aromatic heterocycles. The lowest BCUT2D eigenvalue weighted by Crippen LogP contribution is -2.03. The molecule has 0 saturated heterocycles. The van der Waals surface area contributed by atoms with Crippen LogP contribution >= 0.6 is 11.3 Å². The molecule has 0 aliphatic heterocycles. The van der Waals surface area contributed by atoms with E-state index in [1.54, 1.807) is 7.11 Å². The largest absolute Gasteiger partial charge is 0.373 e.